The highest BCUT2D eigenvalue weighted by Crippen LogP contribution is 2.37. The van der Waals surface area contributed by atoms with E-state index in [2.05, 4.69) is 24.6 Å². The van der Waals surface area contributed by atoms with Crippen LogP contribution in [0.1, 0.15) is 12.8 Å². The highest BCUT2D eigenvalue weighted by molar-refractivity contribution is 5.34. The molecule has 40 valence electrons. The average molecular weight is 104 g/mol. The monoisotopic (exact) mass is 104 g/mol. The zero-order valence-electron chi connectivity index (χ0n) is 4.72. The fourth-order valence-electron chi connectivity index (χ4n) is 1.18. The van der Waals surface area contributed by atoms with Crippen molar-refractivity contribution in [3.05, 3.63) is 30.2 Å². The van der Waals surface area contributed by atoms with Crippen LogP contribution in [-0.2, 0) is 0 Å². The Kier molecular flexibility index (Phi) is 0.806. The van der Waals surface area contributed by atoms with Crippen molar-refractivity contribution >= 4 is 0 Å². The number of hydrogen-bond donors (Lipinski definition) is 0. The Balaban J connectivity index is 2.23. The quantitative estimate of drug-likeness (QED) is 0.440. The smallest absolute Gasteiger partial charge is 0.0129 e. The van der Waals surface area contributed by atoms with E-state index in [9.17, 15) is 0 Å². The fourth-order valence-corrected chi connectivity index (χ4v) is 1.18. The molecule has 0 aromatic rings. The first-order valence-corrected chi connectivity index (χ1v) is 3.07. The Labute approximate surface area is 49.9 Å². The molecule has 0 N–H and O–H groups in total. The normalized spacial score (nSPS) is 33.0. The molecule has 2 radical (unpaired) electrons. The Morgan fingerprint density at radius 3 is 3.00 bits per heavy atom. The van der Waals surface area contributed by atoms with Crippen LogP contribution < -0.4 is 0 Å². The second-order valence-electron chi connectivity index (χ2n) is 2.36. The Hall–Kier alpha value is -0.520. The molecule has 0 saturated heterocycles. The van der Waals surface area contributed by atoms with Crippen molar-refractivity contribution in [1.82, 2.24) is 0 Å². The lowest BCUT2D eigenvalue weighted by atomic mass is 9.75. The molecular weight excluding hydrogens is 96.1 g/mol. The maximum atomic E-state index is 3.26. The summed E-state index contributed by atoms with van der Waals surface area (Å²) in [5.74, 6) is 0.847. The topological polar surface area (TPSA) is 0 Å². The second kappa shape index (κ2) is 1.48. The van der Waals surface area contributed by atoms with E-state index in [0.717, 1.165) is 5.92 Å². The van der Waals surface area contributed by atoms with Crippen LogP contribution in [0.3, 0.4) is 0 Å². The predicted molar refractivity (Wildman–Crippen MR) is 33.2 cm³/mol. The summed E-state index contributed by atoms with van der Waals surface area (Å²) in [6.45, 7) is 0. The molecule has 0 amide bonds. The first-order valence-electron chi connectivity index (χ1n) is 3.07. The van der Waals surface area contributed by atoms with Crippen molar-refractivity contribution in [3.8, 4) is 0 Å². The largest absolute Gasteiger partial charge is 0.0839 e. The molecule has 1 unspecified atom stereocenters. The first kappa shape index (κ1) is 4.37. The molecule has 1 fully saturated rings. The minimum Gasteiger partial charge on any atom is -0.0839 e. The van der Waals surface area contributed by atoms with Gasteiger partial charge in [0.05, 0.1) is 0 Å². The van der Waals surface area contributed by atoms with Gasteiger partial charge in [0.1, 0.15) is 0 Å². The number of rotatable bonds is 0. The van der Waals surface area contributed by atoms with Gasteiger partial charge in [-0.15, -0.1) is 0 Å². The molecule has 2 aliphatic carbocycles. The Morgan fingerprint density at radius 1 is 1.62 bits per heavy atom. The minimum atomic E-state index is 0.847. The average Bonchev–Trinajstić information content (AvgIpc) is 1.72. The molecular formula is C8H8. The summed E-state index contributed by atoms with van der Waals surface area (Å²) in [7, 11) is 0. The molecule has 0 aliphatic heterocycles. The molecule has 0 aromatic carbocycles. The lowest BCUT2D eigenvalue weighted by Gasteiger charge is -2.29. The molecule has 0 nitrogen and oxygen atoms in total. The van der Waals surface area contributed by atoms with E-state index < -0.39 is 0 Å². The van der Waals surface area contributed by atoms with Gasteiger partial charge in [0.15, 0.2) is 0 Å². The van der Waals surface area contributed by atoms with Crippen LogP contribution in [0.5, 0.6) is 0 Å². The molecule has 2 rings (SSSR count). The Bertz CT molecular complexity index is 151. The van der Waals surface area contributed by atoms with Gasteiger partial charge >= 0.3 is 0 Å². The van der Waals surface area contributed by atoms with Crippen LogP contribution in [0, 0.1) is 12.3 Å². The van der Waals surface area contributed by atoms with E-state index >= 15 is 0 Å². The summed E-state index contributed by atoms with van der Waals surface area (Å²) in [6.07, 6.45) is 12.2. The highest BCUT2D eigenvalue weighted by atomic mass is 14.3. The van der Waals surface area contributed by atoms with Gasteiger partial charge in [-0.3, -0.25) is 0 Å². The lowest BCUT2D eigenvalue weighted by Crippen LogP contribution is -2.16. The van der Waals surface area contributed by atoms with Crippen LogP contribution in [0.15, 0.2) is 23.8 Å². The van der Waals surface area contributed by atoms with E-state index in [4.69, 9.17) is 0 Å². The van der Waals surface area contributed by atoms with Gasteiger partial charge < -0.3 is 0 Å². The summed E-state index contributed by atoms with van der Waals surface area (Å²) in [5.41, 5.74) is 1.44. The van der Waals surface area contributed by atoms with Crippen molar-refractivity contribution in [2.75, 3.05) is 0 Å². The Morgan fingerprint density at radius 2 is 2.62 bits per heavy atom. The number of hydrogen-bond acceptors (Lipinski definition) is 0. The molecule has 8 heavy (non-hydrogen) atoms. The first-order chi connectivity index (χ1) is 3.97. The van der Waals surface area contributed by atoms with E-state index in [1.165, 1.54) is 18.4 Å². The third-order valence-electron chi connectivity index (χ3n) is 1.82. The van der Waals surface area contributed by atoms with Gasteiger partial charge in [0, 0.05) is 6.42 Å². The van der Waals surface area contributed by atoms with Crippen molar-refractivity contribution < 1.29 is 0 Å². The van der Waals surface area contributed by atoms with Crippen LogP contribution in [0.25, 0.3) is 0 Å². The van der Waals surface area contributed by atoms with Gasteiger partial charge in [0.25, 0.3) is 0 Å². The fraction of sp³-hybridized carbons (Fsp3) is 0.375. The second-order valence-corrected chi connectivity index (χ2v) is 2.36. The molecule has 1 saturated carbocycles. The van der Waals surface area contributed by atoms with E-state index in [0.29, 0.717) is 0 Å². The standard InChI is InChI=1S/C8H8/c1-2-4-8-6-5-7(8)3-1/h1-3,8H,4,6H2. The van der Waals surface area contributed by atoms with Crippen molar-refractivity contribution in [2.45, 2.75) is 12.8 Å². The molecule has 0 spiro atoms. The lowest BCUT2D eigenvalue weighted by molar-refractivity contribution is 0.531. The van der Waals surface area contributed by atoms with Crippen molar-refractivity contribution in [2.24, 2.45) is 5.92 Å². The number of fused-ring (bicyclic) bond motifs is 1. The number of allylic oxidation sites excluding steroid dienone is 4. The van der Waals surface area contributed by atoms with E-state index in [1.54, 1.807) is 0 Å². The van der Waals surface area contributed by atoms with Gasteiger partial charge in [-0.25, -0.2) is 0 Å². The van der Waals surface area contributed by atoms with Gasteiger partial charge in [-0.1, -0.05) is 23.8 Å². The summed E-state index contributed by atoms with van der Waals surface area (Å²) >= 11 is 0. The maximum absolute atomic E-state index is 3.26. The summed E-state index contributed by atoms with van der Waals surface area (Å²) in [6, 6.07) is 0. The molecule has 0 heterocycles. The van der Waals surface area contributed by atoms with Crippen molar-refractivity contribution in [3.63, 3.8) is 0 Å². The molecule has 0 aromatic heterocycles. The third-order valence-corrected chi connectivity index (χ3v) is 1.82. The van der Waals surface area contributed by atoms with Crippen LogP contribution in [0.2, 0.25) is 0 Å². The maximum Gasteiger partial charge on any atom is 0.0129 e. The van der Waals surface area contributed by atoms with E-state index in [1.807, 2.05) is 0 Å². The molecule has 0 bridgehead atoms. The van der Waals surface area contributed by atoms with Gasteiger partial charge in [-0.05, 0) is 18.8 Å². The van der Waals surface area contributed by atoms with Crippen LogP contribution in [-0.4, -0.2) is 0 Å². The van der Waals surface area contributed by atoms with Gasteiger partial charge in [0.2, 0.25) is 0 Å². The molecule has 0 heteroatoms. The third kappa shape index (κ3) is 0.459. The van der Waals surface area contributed by atoms with Gasteiger partial charge in [-0.2, -0.15) is 0 Å². The molecule has 2 aliphatic rings. The van der Waals surface area contributed by atoms with E-state index in [-0.39, 0.29) is 0 Å². The zero-order chi connectivity index (χ0) is 5.40. The SMILES string of the molecule is [C]1CC2CC=CC=C12. The summed E-state index contributed by atoms with van der Waals surface area (Å²) < 4.78 is 0. The predicted octanol–water partition coefficient (Wildman–Crippen LogP) is 1.97. The zero-order valence-corrected chi connectivity index (χ0v) is 4.72. The molecule has 1 atom stereocenters. The van der Waals surface area contributed by atoms with Crippen molar-refractivity contribution in [1.29, 1.82) is 0 Å². The summed E-state index contributed by atoms with van der Waals surface area (Å²) in [5, 5.41) is 0. The van der Waals surface area contributed by atoms with Crippen LogP contribution >= 0.6 is 0 Å². The summed E-state index contributed by atoms with van der Waals surface area (Å²) in [4.78, 5) is 0. The van der Waals surface area contributed by atoms with Crippen LogP contribution in [0.4, 0.5) is 0 Å². The highest BCUT2D eigenvalue weighted by Gasteiger charge is 2.23. The minimum absolute atomic E-state index is 0.847.